The van der Waals surface area contributed by atoms with Crippen molar-refractivity contribution in [3.63, 3.8) is 0 Å². The van der Waals surface area contributed by atoms with Gasteiger partial charge in [0.1, 0.15) is 0 Å². The number of rotatable bonds is 4. The molecule has 1 fully saturated rings. The Kier molecular flexibility index (Phi) is 5.36. The van der Waals surface area contributed by atoms with Gasteiger partial charge in [0.05, 0.1) is 12.2 Å². The van der Waals surface area contributed by atoms with Gasteiger partial charge in [-0.1, -0.05) is 18.2 Å². The van der Waals surface area contributed by atoms with E-state index in [0.717, 1.165) is 44.4 Å². The first-order valence-electron chi connectivity index (χ1n) is 8.58. The molecule has 0 unspecified atom stereocenters. The number of hydrogen-bond donors (Lipinski definition) is 1. The topological polar surface area (TPSA) is 48.7 Å². The van der Waals surface area contributed by atoms with Crippen LogP contribution in [0.1, 0.15) is 12.6 Å². The lowest BCUT2D eigenvalue weighted by molar-refractivity contribution is 0.372. The van der Waals surface area contributed by atoms with Crippen LogP contribution in [0.3, 0.4) is 0 Å². The Hall–Kier alpha value is -2.50. The number of benzene rings is 1. The van der Waals surface area contributed by atoms with E-state index in [4.69, 9.17) is 4.99 Å². The van der Waals surface area contributed by atoms with Crippen molar-refractivity contribution in [2.45, 2.75) is 13.5 Å². The molecule has 6 heteroatoms. The van der Waals surface area contributed by atoms with Gasteiger partial charge in [0.25, 0.3) is 0 Å². The van der Waals surface area contributed by atoms with Gasteiger partial charge in [-0.05, 0) is 25.1 Å². The van der Waals surface area contributed by atoms with Crippen molar-refractivity contribution in [3.05, 3.63) is 48.3 Å². The summed E-state index contributed by atoms with van der Waals surface area (Å²) >= 11 is 0. The van der Waals surface area contributed by atoms with Crippen molar-refractivity contribution >= 4 is 11.6 Å². The number of aliphatic imine (C=N–C) groups is 1. The molecule has 0 saturated carbocycles. The van der Waals surface area contributed by atoms with Gasteiger partial charge >= 0.3 is 0 Å². The van der Waals surface area contributed by atoms with E-state index in [-0.39, 0.29) is 0 Å². The molecule has 1 N–H and O–H groups in total. The maximum absolute atomic E-state index is 4.79. The molecule has 24 heavy (non-hydrogen) atoms. The van der Waals surface area contributed by atoms with Crippen LogP contribution < -0.4 is 10.2 Å². The number of piperazine rings is 1. The van der Waals surface area contributed by atoms with E-state index in [1.165, 1.54) is 5.69 Å². The summed E-state index contributed by atoms with van der Waals surface area (Å²) in [5, 5.41) is 7.62. The monoisotopic (exact) mass is 326 g/mol. The molecule has 0 spiro atoms. The van der Waals surface area contributed by atoms with Crippen LogP contribution in [-0.2, 0) is 13.6 Å². The highest BCUT2D eigenvalue weighted by Gasteiger charge is 2.19. The zero-order valence-electron chi connectivity index (χ0n) is 14.5. The molecule has 2 aromatic rings. The number of hydrogen-bond acceptors (Lipinski definition) is 3. The highest BCUT2D eigenvalue weighted by molar-refractivity contribution is 5.80. The Labute approximate surface area is 143 Å². The van der Waals surface area contributed by atoms with Crippen LogP contribution in [0.25, 0.3) is 0 Å². The van der Waals surface area contributed by atoms with Crippen LogP contribution in [0.15, 0.2) is 47.6 Å². The molecule has 1 aromatic carbocycles. The van der Waals surface area contributed by atoms with Gasteiger partial charge in [-0.15, -0.1) is 0 Å². The number of aryl methyl sites for hydroxylation is 1. The molecule has 128 valence electrons. The largest absolute Gasteiger partial charge is 0.368 e. The summed E-state index contributed by atoms with van der Waals surface area (Å²) in [5.74, 6) is 0.992. The third-order valence-electron chi connectivity index (χ3n) is 4.35. The molecular formula is C18H26N6. The zero-order chi connectivity index (χ0) is 16.8. The molecule has 3 rings (SSSR count). The third-order valence-corrected chi connectivity index (χ3v) is 4.35. The smallest absolute Gasteiger partial charge is 0.194 e. The average molecular weight is 326 g/mol. The van der Waals surface area contributed by atoms with Crippen LogP contribution in [0.5, 0.6) is 0 Å². The zero-order valence-corrected chi connectivity index (χ0v) is 14.5. The molecule has 2 heterocycles. The first kappa shape index (κ1) is 16.4. The standard InChI is InChI=1S/C18H26N6/c1-3-19-18(20-15-17-9-10-21-22(17)2)24-13-11-23(12-14-24)16-7-5-4-6-8-16/h4-10H,3,11-15H2,1-2H3,(H,19,20). The second-order valence-corrected chi connectivity index (χ2v) is 5.93. The first-order chi connectivity index (χ1) is 11.8. The van der Waals surface area contributed by atoms with Crippen LogP contribution in [0.4, 0.5) is 5.69 Å². The number of para-hydroxylation sites is 1. The van der Waals surface area contributed by atoms with Gasteiger partial charge in [0.2, 0.25) is 0 Å². The third kappa shape index (κ3) is 3.88. The predicted molar refractivity (Wildman–Crippen MR) is 98.3 cm³/mol. The van der Waals surface area contributed by atoms with E-state index in [1.807, 2.05) is 24.0 Å². The van der Waals surface area contributed by atoms with Gasteiger partial charge in [-0.3, -0.25) is 4.68 Å². The Bertz CT molecular complexity index is 655. The van der Waals surface area contributed by atoms with E-state index < -0.39 is 0 Å². The molecule has 6 nitrogen and oxygen atoms in total. The minimum atomic E-state index is 0.651. The lowest BCUT2D eigenvalue weighted by Gasteiger charge is -2.37. The van der Waals surface area contributed by atoms with Crippen molar-refractivity contribution in [3.8, 4) is 0 Å². The summed E-state index contributed by atoms with van der Waals surface area (Å²) in [6.07, 6.45) is 1.82. The fourth-order valence-electron chi connectivity index (χ4n) is 2.95. The summed E-state index contributed by atoms with van der Waals surface area (Å²) in [6, 6.07) is 12.6. The summed E-state index contributed by atoms with van der Waals surface area (Å²) in [6.45, 7) is 7.62. The second-order valence-electron chi connectivity index (χ2n) is 5.93. The number of anilines is 1. The summed E-state index contributed by atoms with van der Waals surface area (Å²) < 4.78 is 1.88. The van der Waals surface area contributed by atoms with Gasteiger partial charge < -0.3 is 15.1 Å². The van der Waals surface area contributed by atoms with E-state index in [0.29, 0.717) is 6.54 Å². The first-order valence-corrected chi connectivity index (χ1v) is 8.58. The van der Waals surface area contributed by atoms with Crippen molar-refractivity contribution in [1.29, 1.82) is 0 Å². The van der Waals surface area contributed by atoms with Crippen molar-refractivity contribution < 1.29 is 0 Å². The van der Waals surface area contributed by atoms with Crippen molar-refractivity contribution in [1.82, 2.24) is 20.0 Å². The number of nitrogens with zero attached hydrogens (tertiary/aromatic N) is 5. The Morgan fingerprint density at radius 2 is 1.88 bits per heavy atom. The van der Waals surface area contributed by atoms with Gasteiger partial charge in [0, 0.05) is 51.7 Å². The molecule has 1 aromatic heterocycles. The minimum Gasteiger partial charge on any atom is -0.368 e. The predicted octanol–water partition coefficient (Wildman–Crippen LogP) is 1.71. The SMILES string of the molecule is CCNC(=NCc1ccnn1C)N1CCN(c2ccccc2)CC1. The molecule has 1 aliphatic heterocycles. The number of nitrogens with one attached hydrogen (secondary N) is 1. The highest BCUT2D eigenvalue weighted by atomic mass is 15.3. The van der Waals surface area contributed by atoms with E-state index in [2.05, 4.69) is 57.5 Å². The van der Waals surface area contributed by atoms with E-state index in [1.54, 1.807) is 0 Å². The molecule has 0 radical (unpaired) electrons. The summed E-state index contributed by atoms with van der Waals surface area (Å²) in [4.78, 5) is 9.57. The Morgan fingerprint density at radius 1 is 1.12 bits per heavy atom. The van der Waals surface area contributed by atoms with E-state index in [9.17, 15) is 0 Å². The van der Waals surface area contributed by atoms with Gasteiger partial charge in [-0.25, -0.2) is 4.99 Å². The maximum atomic E-state index is 4.79. The minimum absolute atomic E-state index is 0.651. The lowest BCUT2D eigenvalue weighted by Crippen LogP contribution is -2.52. The second kappa shape index (κ2) is 7.86. The molecular weight excluding hydrogens is 300 g/mol. The van der Waals surface area contributed by atoms with Crippen LogP contribution in [-0.4, -0.2) is 53.4 Å². The fourth-order valence-corrected chi connectivity index (χ4v) is 2.95. The highest BCUT2D eigenvalue weighted by Crippen LogP contribution is 2.15. The molecule has 1 aliphatic rings. The normalized spacial score (nSPS) is 15.7. The quantitative estimate of drug-likeness (QED) is 0.686. The summed E-state index contributed by atoms with van der Waals surface area (Å²) in [7, 11) is 1.95. The van der Waals surface area contributed by atoms with Crippen LogP contribution >= 0.6 is 0 Å². The molecule has 0 aliphatic carbocycles. The molecule has 0 bridgehead atoms. The van der Waals surface area contributed by atoms with Crippen LogP contribution in [0.2, 0.25) is 0 Å². The Morgan fingerprint density at radius 3 is 2.50 bits per heavy atom. The molecule has 1 saturated heterocycles. The summed E-state index contributed by atoms with van der Waals surface area (Å²) in [5.41, 5.74) is 2.42. The average Bonchev–Trinajstić information content (AvgIpc) is 3.04. The van der Waals surface area contributed by atoms with Gasteiger partial charge in [0.15, 0.2) is 5.96 Å². The van der Waals surface area contributed by atoms with E-state index >= 15 is 0 Å². The lowest BCUT2D eigenvalue weighted by atomic mass is 10.2. The van der Waals surface area contributed by atoms with Crippen LogP contribution in [0, 0.1) is 0 Å². The number of guanidine groups is 1. The maximum Gasteiger partial charge on any atom is 0.194 e. The molecule has 0 amide bonds. The van der Waals surface area contributed by atoms with Crippen molar-refractivity contribution in [2.75, 3.05) is 37.6 Å². The van der Waals surface area contributed by atoms with Gasteiger partial charge in [-0.2, -0.15) is 5.10 Å². The molecule has 0 atom stereocenters. The number of aromatic nitrogens is 2. The van der Waals surface area contributed by atoms with Crippen molar-refractivity contribution in [2.24, 2.45) is 12.0 Å². The Balaban J connectivity index is 1.62. The fraction of sp³-hybridized carbons (Fsp3) is 0.444.